The average Bonchev–Trinajstić information content (AvgIpc) is 2.40. The summed E-state index contributed by atoms with van der Waals surface area (Å²) in [6.07, 6.45) is 1.25. The zero-order valence-corrected chi connectivity index (χ0v) is 18.2. The second-order valence-electron chi connectivity index (χ2n) is 9.08. The Hall–Kier alpha value is -0.750. The molecule has 0 saturated heterocycles. The largest absolute Gasteiger partial charge is 0.373 e. The summed E-state index contributed by atoms with van der Waals surface area (Å²) < 4.78 is 5.98. The molecule has 0 rings (SSSR count). The van der Waals surface area contributed by atoms with Gasteiger partial charge in [-0.05, 0) is 45.3 Å². The lowest BCUT2D eigenvalue weighted by Crippen LogP contribution is -2.49. The molecule has 0 aliphatic rings. The van der Waals surface area contributed by atoms with Crippen molar-refractivity contribution in [3.05, 3.63) is 0 Å². The van der Waals surface area contributed by atoms with Gasteiger partial charge >= 0.3 is 0 Å². The Morgan fingerprint density at radius 1 is 1.04 bits per heavy atom. The molecule has 0 radical (unpaired) electrons. The molecule has 0 saturated carbocycles. The van der Waals surface area contributed by atoms with Crippen LogP contribution < -0.4 is 10.6 Å². The Balaban J connectivity index is 4.13. The monoisotopic (exact) mass is 374 g/mol. The molecule has 0 aliphatic heterocycles. The van der Waals surface area contributed by atoms with Crippen LogP contribution in [0, 0.1) is 5.41 Å². The van der Waals surface area contributed by atoms with Gasteiger partial charge in [-0.25, -0.2) is 0 Å². The van der Waals surface area contributed by atoms with Gasteiger partial charge in [0.15, 0.2) is 0 Å². The average molecular weight is 375 g/mol. The number of hydrogen-bond donors (Lipinski definition) is 2. The third-order valence-electron chi connectivity index (χ3n) is 3.41. The predicted octanol–water partition coefficient (Wildman–Crippen LogP) is 3.37. The highest BCUT2D eigenvalue weighted by Gasteiger charge is 2.26. The highest BCUT2D eigenvalue weighted by atomic mass is 32.2. The van der Waals surface area contributed by atoms with Crippen molar-refractivity contribution in [2.75, 3.05) is 24.7 Å². The van der Waals surface area contributed by atoms with Crippen LogP contribution in [0.5, 0.6) is 0 Å². The SMILES string of the molecule is CC(=O)NCCC(C)(C)OCC(C)(C)NC(=O)CCSCC(C)(C)C. The zero-order chi connectivity index (χ0) is 19.7. The van der Waals surface area contributed by atoms with Gasteiger partial charge in [-0.2, -0.15) is 11.8 Å². The van der Waals surface area contributed by atoms with E-state index in [0.717, 1.165) is 17.9 Å². The molecular formula is C19H38N2O3S. The van der Waals surface area contributed by atoms with E-state index < -0.39 is 5.54 Å². The molecule has 148 valence electrons. The van der Waals surface area contributed by atoms with Crippen LogP contribution in [0.3, 0.4) is 0 Å². The molecule has 0 spiro atoms. The molecule has 0 aromatic carbocycles. The maximum atomic E-state index is 12.1. The van der Waals surface area contributed by atoms with E-state index in [1.54, 1.807) is 0 Å². The van der Waals surface area contributed by atoms with E-state index in [1.165, 1.54) is 6.92 Å². The first kappa shape index (κ1) is 24.2. The van der Waals surface area contributed by atoms with Crippen molar-refractivity contribution in [1.29, 1.82) is 0 Å². The number of carbonyl (C=O) groups is 2. The molecule has 0 fully saturated rings. The minimum atomic E-state index is -0.420. The van der Waals surface area contributed by atoms with E-state index in [1.807, 2.05) is 39.5 Å². The molecule has 0 bridgehead atoms. The van der Waals surface area contributed by atoms with Crippen molar-refractivity contribution >= 4 is 23.6 Å². The van der Waals surface area contributed by atoms with E-state index >= 15 is 0 Å². The first-order chi connectivity index (χ1) is 11.2. The molecule has 6 heteroatoms. The van der Waals surface area contributed by atoms with E-state index in [9.17, 15) is 9.59 Å². The van der Waals surface area contributed by atoms with Crippen molar-refractivity contribution in [2.24, 2.45) is 5.41 Å². The van der Waals surface area contributed by atoms with Crippen molar-refractivity contribution < 1.29 is 14.3 Å². The summed E-state index contributed by atoms with van der Waals surface area (Å²) in [5, 5.41) is 5.83. The Bertz CT molecular complexity index is 429. The van der Waals surface area contributed by atoms with Crippen LogP contribution in [0.2, 0.25) is 0 Å². The summed E-state index contributed by atoms with van der Waals surface area (Å²) in [5.41, 5.74) is -0.485. The molecule has 0 aromatic rings. The molecular weight excluding hydrogens is 336 g/mol. The summed E-state index contributed by atoms with van der Waals surface area (Å²) in [6.45, 7) is 17.1. The number of rotatable bonds is 11. The van der Waals surface area contributed by atoms with Crippen LogP contribution in [0.4, 0.5) is 0 Å². The van der Waals surface area contributed by atoms with E-state index in [2.05, 4.69) is 31.4 Å². The van der Waals surface area contributed by atoms with E-state index in [0.29, 0.717) is 19.6 Å². The predicted molar refractivity (Wildman–Crippen MR) is 107 cm³/mol. The first-order valence-corrected chi connectivity index (χ1v) is 10.2. The Labute approximate surface area is 158 Å². The van der Waals surface area contributed by atoms with Crippen molar-refractivity contribution in [1.82, 2.24) is 10.6 Å². The molecule has 0 atom stereocenters. The Morgan fingerprint density at radius 3 is 2.16 bits per heavy atom. The highest BCUT2D eigenvalue weighted by molar-refractivity contribution is 7.99. The number of nitrogens with one attached hydrogen (secondary N) is 2. The number of carbonyl (C=O) groups excluding carboxylic acids is 2. The van der Waals surface area contributed by atoms with Gasteiger partial charge in [0.05, 0.1) is 17.7 Å². The fraction of sp³-hybridized carbons (Fsp3) is 0.895. The third kappa shape index (κ3) is 15.2. The van der Waals surface area contributed by atoms with E-state index in [-0.39, 0.29) is 22.8 Å². The number of amides is 2. The lowest BCUT2D eigenvalue weighted by Gasteiger charge is -2.32. The van der Waals surface area contributed by atoms with Gasteiger partial charge in [0, 0.05) is 25.6 Å². The van der Waals surface area contributed by atoms with Crippen LogP contribution in [0.25, 0.3) is 0 Å². The molecule has 5 nitrogen and oxygen atoms in total. The summed E-state index contributed by atoms with van der Waals surface area (Å²) in [4.78, 5) is 23.1. The lowest BCUT2D eigenvalue weighted by atomic mass is 10.0. The van der Waals surface area contributed by atoms with Crippen molar-refractivity contribution in [3.63, 3.8) is 0 Å². The smallest absolute Gasteiger partial charge is 0.221 e. The fourth-order valence-corrected chi connectivity index (χ4v) is 3.09. The highest BCUT2D eigenvalue weighted by Crippen LogP contribution is 2.21. The van der Waals surface area contributed by atoms with Crippen LogP contribution >= 0.6 is 11.8 Å². The molecule has 0 aromatic heterocycles. The molecule has 0 unspecified atom stereocenters. The maximum Gasteiger partial charge on any atom is 0.221 e. The minimum absolute atomic E-state index is 0.0345. The number of hydrogen-bond acceptors (Lipinski definition) is 4. The van der Waals surface area contributed by atoms with Gasteiger partial charge in [-0.1, -0.05) is 20.8 Å². The Kier molecular flexibility index (Phi) is 10.1. The van der Waals surface area contributed by atoms with Gasteiger partial charge in [0.1, 0.15) is 0 Å². The molecule has 2 N–H and O–H groups in total. The first-order valence-electron chi connectivity index (χ1n) is 9.00. The van der Waals surface area contributed by atoms with Crippen LogP contribution in [-0.2, 0) is 14.3 Å². The van der Waals surface area contributed by atoms with Crippen LogP contribution in [0.1, 0.15) is 68.2 Å². The van der Waals surface area contributed by atoms with Crippen molar-refractivity contribution in [2.45, 2.75) is 79.4 Å². The second kappa shape index (κ2) is 10.4. The van der Waals surface area contributed by atoms with Gasteiger partial charge < -0.3 is 15.4 Å². The fourth-order valence-electron chi connectivity index (χ4n) is 2.01. The van der Waals surface area contributed by atoms with Crippen LogP contribution in [-0.4, -0.2) is 47.6 Å². The summed E-state index contributed by atoms with van der Waals surface area (Å²) in [7, 11) is 0. The van der Waals surface area contributed by atoms with Gasteiger partial charge in [0.2, 0.25) is 11.8 Å². The van der Waals surface area contributed by atoms with Gasteiger partial charge in [-0.15, -0.1) is 0 Å². The second-order valence-corrected chi connectivity index (χ2v) is 10.2. The summed E-state index contributed by atoms with van der Waals surface area (Å²) >= 11 is 1.82. The summed E-state index contributed by atoms with van der Waals surface area (Å²) in [5.74, 6) is 1.91. The van der Waals surface area contributed by atoms with Crippen molar-refractivity contribution in [3.8, 4) is 0 Å². The quantitative estimate of drug-likeness (QED) is 0.544. The molecule has 0 aliphatic carbocycles. The number of thioether (sulfide) groups is 1. The van der Waals surface area contributed by atoms with E-state index in [4.69, 9.17) is 4.74 Å². The minimum Gasteiger partial charge on any atom is -0.373 e. The Morgan fingerprint density at radius 2 is 1.64 bits per heavy atom. The van der Waals surface area contributed by atoms with Crippen LogP contribution in [0.15, 0.2) is 0 Å². The normalized spacial score (nSPS) is 12.8. The molecule has 2 amide bonds. The standard InChI is InChI=1S/C19H38N2O3S/c1-15(22)20-11-10-19(7,8)24-13-18(5,6)21-16(23)9-12-25-14-17(2,3)4/h9-14H2,1-8H3,(H,20,22)(H,21,23). The topological polar surface area (TPSA) is 67.4 Å². The lowest BCUT2D eigenvalue weighted by molar-refractivity contribution is -0.125. The molecule has 0 heterocycles. The molecule has 25 heavy (non-hydrogen) atoms. The number of ether oxygens (including phenoxy) is 1. The third-order valence-corrected chi connectivity index (χ3v) is 4.97. The van der Waals surface area contributed by atoms with Gasteiger partial charge in [-0.3, -0.25) is 9.59 Å². The summed E-state index contributed by atoms with van der Waals surface area (Å²) in [6, 6.07) is 0. The zero-order valence-electron chi connectivity index (χ0n) is 17.4. The maximum absolute atomic E-state index is 12.1. The van der Waals surface area contributed by atoms with Gasteiger partial charge in [0.25, 0.3) is 0 Å².